The SMILES string of the molecule is CCCc1ccccc1OCCNS(=O)(=O)c1cc(OC)c(Cl)cc1OC. The highest BCUT2D eigenvalue weighted by atomic mass is 35.5. The van der Waals surface area contributed by atoms with E-state index in [0.717, 1.165) is 24.2 Å². The number of benzene rings is 2. The first-order valence-electron chi connectivity index (χ1n) is 8.54. The van der Waals surface area contributed by atoms with E-state index >= 15 is 0 Å². The van der Waals surface area contributed by atoms with Crippen molar-refractivity contribution in [3.05, 3.63) is 47.0 Å². The molecule has 0 bridgehead atoms. The molecule has 0 aliphatic rings. The van der Waals surface area contributed by atoms with Crippen LogP contribution in [0.2, 0.25) is 5.02 Å². The van der Waals surface area contributed by atoms with Crippen molar-refractivity contribution in [2.45, 2.75) is 24.7 Å². The number of rotatable bonds is 10. The number of sulfonamides is 1. The summed E-state index contributed by atoms with van der Waals surface area (Å²) in [6.45, 7) is 2.41. The molecule has 148 valence electrons. The quantitative estimate of drug-likeness (QED) is 0.601. The Kier molecular flexibility index (Phi) is 7.77. The fourth-order valence-corrected chi connectivity index (χ4v) is 3.99. The van der Waals surface area contributed by atoms with E-state index in [1.165, 1.54) is 26.4 Å². The Morgan fingerprint density at radius 2 is 1.74 bits per heavy atom. The van der Waals surface area contributed by atoms with E-state index in [-0.39, 0.29) is 34.6 Å². The van der Waals surface area contributed by atoms with E-state index in [0.29, 0.717) is 0 Å². The topological polar surface area (TPSA) is 73.9 Å². The maximum atomic E-state index is 12.6. The van der Waals surface area contributed by atoms with Gasteiger partial charge in [-0.2, -0.15) is 0 Å². The van der Waals surface area contributed by atoms with Crippen LogP contribution in [0.4, 0.5) is 0 Å². The Morgan fingerprint density at radius 1 is 1.04 bits per heavy atom. The van der Waals surface area contributed by atoms with Gasteiger partial charge in [0, 0.05) is 18.7 Å². The van der Waals surface area contributed by atoms with Crippen molar-refractivity contribution in [1.82, 2.24) is 4.72 Å². The normalized spacial score (nSPS) is 11.3. The number of halogens is 1. The third-order valence-corrected chi connectivity index (χ3v) is 5.65. The van der Waals surface area contributed by atoms with Crippen LogP contribution in [0.25, 0.3) is 0 Å². The maximum Gasteiger partial charge on any atom is 0.244 e. The highest BCUT2D eigenvalue weighted by Crippen LogP contribution is 2.34. The van der Waals surface area contributed by atoms with E-state index in [1.807, 2.05) is 24.3 Å². The fourth-order valence-electron chi connectivity index (χ4n) is 2.58. The molecule has 27 heavy (non-hydrogen) atoms. The van der Waals surface area contributed by atoms with Crippen LogP contribution in [0, 0.1) is 0 Å². The van der Waals surface area contributed by atoms with E-state index in [1.54, 1.807) is 0 Å². The summed E-state index contributed by atoms with van der Waals surface area (Å²) in [6.07, 6.45) is 1.91. The molecule has 2 aromatic rings. The molecular formula is C19H24ClNO5S. The minimum Gasteiger partial charge on any atom is -0.495 e. The number of hydrogen-bond donors (Lipinski definition) is 1. The predicted molar refractivity (Wildman–Crippen MR) is 106 cm³/mol. The van der Waals surface area contributed by atoms with Gasteiger partial charge in [-0.1, -0.05) is 43.1 Å². The van der Waals surface area contributed by atoms with Gasteiger partial charge in [0.25, 0.3) is 0 Å². The fraction of sp³-hybridized carbons (Fsp3) is 0.368. The van der Waals surface area contributed by atoms with Crippen LogP contribution in [-0.4, -0.2) is 35.8 Å². The number of aryl methyl sites for hydroxylation is 1. The van der Waals surface area contributed by atoms with Crippen LogP contribution < -0.4 is 18.9 Å². The van der Waals surface area contributed by atoms with Gasteiger partial charge >= 0.3 is 0 Å². The van der Waals surface area contributed by atoms with Gasteiger partial charge in [-0.05, 0) is 18.1 Å². The third kappa shape index (κ3) is 5.51. The molecule has 6 nitrogen and oxygen atoms in total. The summed E-state index contributed by atoms with van der Waals surface area (Å²) in [5.41, 5.74) is 1.10. The van der Waals surface area contributed by atoms with Crippen LogP contribution in [0.3, 0.4) is 0 Å². The first-order chi connectivity index (χ1) is 12.9. The van der Waals surface area contributed by atoms with E-state index in [2.05, 4.69) is 11.6 Å². The van der Waals surface area contributed by atoms with Gasteiger partial charge in [-0.15, -0.1) is 0 Å². The van der Waals surface area contributed by atoms with E-state index in [4.69, 9.17) is 25.8 Å². The number of hydrogen-bond acceptors (Lipinski definition) is 5. The monoisotopic (exact) mass is 413 g/mol. The summed E-state index contributed by atoms with van der Waals surface area (Å²) < 4.78 is 43.7. The lowest BCUT2D eigenvalue weighted by molar-refractivity contribution is 0.319. The van der Waals surface area contributed by atoms with Crippen molar-refractivity contribution >= 4 is 21.6 Å². The lowest BCUT2D eigenvalue weighted by Crippen LogP contribution is -2.28. The summed E-state index contributed by atoms with van der Waals surface area (Å²) in [6, 6.07) is 10.5. The molecule has 0 spiro atoms. The van der Waals surface area contributed by atoms with Crippen molar-refractivity contribution in [3.63, 3.8) is 0 Å². The van der Waals surface area contributed by atoms with Crippen LogP contribution in [0.15, 0.2) is 41.3 Å². The number of nitrogens with one attached hydrogen (secondary N) is 1. The molecule has 1 N–H and O–H groups in total. The lowest BCUT2D eigenvalue weighted by atomic mass is 10.1. The van der Waals surface area contributed by atoms with Crippen molar-refractivity contribution in [3.8, 4) is 17.2 Å². The molecule has 0 saturated heterocycles. The Bertz CT molecular complexity index is 870. The standard InChI is InChI=1S/C19H24ClNO5S/c1-4-7-14-8-5-6-9-16(14)26-11-10-21-27(22,23)19-13-17(24-2)15(20)12-18(19)25-3/h5-6,8-9,12-13,21H,4,7,10-11H2,1-3H3. The first-order valence-corrected chi connectivity index (χ1v) is 10.4. The molecule has 0 radical (unpaired) electrons. The molecule has 0 amide bonds. The van der Waals surface area contributed by atoms with Crippen LogP contribution in [0.5, 0.6) is 17.2 Å². The minimum absolute atomic E-state index is 0.0439. The van der Waals surface area contributed by atoms with Gasteiger partial charge in [-0.25, -0.2) is 13.1 Å². The van der Waals surface area contributed by atoms with Gasteiger partial charge in [0.1, 0.15) is 28.8 Å². The highest BCUT2D eigenvalue weighted by Gasteiger charge is 2.22. The number of ether oxygens (including phenoxy) is 3. The average molecular weight is 414 g/mol. The number of para-hydroxylation sites is 1. The molecule has 2 aromatic carbocycles. The summed E-state index contributed by atoms with van der Waals surface area (Å²) in [7, 11) is -1.03. The zero-order valence-corrected chi connectivity index (χ0v) is 17.2. The molecule has 0 aliphatic carbocycles. The summed E-state index contributed by atoms with van der Waals surface area (Å²) in [4.78, 5) is -0.0439. The van der Waals surface area contributed by atoms with Crippen molar-refractivity contribution < 1.29 is 22.6 Å². The Morgan fingerprint density at radius 3 is 2.41 bits per heavy atom. The molecule has 0 aromatic heterocycles. The van der Waals surface area contributed by atoms with Gasteiger partial charge in [0.05, 0.1) is 19.2 Å². The second-order valence-electron chi connectivity index (χ2n) is 5.74. The number of methoxy groups -OCH3 is 2. The Balaban J connectivity index is 2.06. The van der Waals surface area contributed by atoms with Gasteiger partial charge < -0.3 is 14.2 Å². The Labute approximate surface area is 165 Å². The molecule has 8 heteroatoms. The second kappa shape index (κ2) is 9.82. The third-order valence-electron chi connectivity index (χ3n) is 3.87. The van der Waals surface area contributed by atoms with Crippen LogP contribution in [0.1, 0.15) is 18.9 Å². The largest absolute Gasteiger partial charge is 0.495 e. The highest BCUT2D eigenvalue weighted by molar-refractivity contribution is 7.89. The van der Waals surface area contributed by atoms with Crippen molar-refractivity contribution in [2.75, 3.05) is 27.4 Å². The molecule has 0 fully saturated rings. The Hall–Kier alpha value is -1.96. The van der Waals surface area contributed by atoms with Gasteiger partial charge in [-0.3, -0.25) is 0 Å². The molecule has 0 aliphatic heterocycles. The second-order valence-corrected chi connectivity index (χ2v) is 7.88. The zero-order valence-electron chi connectivity index (χ0n) is 15.6. The minimum atomic E-state index is -3.82. The summed E-state index contributed by atoms with van der Waals surface area (Å²) in [5.74, 6) is 1.16. The summed E-state index contributed by atoms with van der Waals surface area (Å²) in [5, 5.41) is 0.268. The average Bonchev–Trinajstić information content (AvgIpc) is 2.66. The van der Waals surface area contributed by atoms with E-state index < -0.39 is 10.0 Å². The summed E-state index contributed by atoms with van der Waals surface area (Å²) >= 11 is 6.03. The maximum absolute atomic E-state index is 12.6. The van der Waals surface area contributed by atoms with Crippen LogP contribution >= 0.6 is 11.6 Å². The van der Waals surface area contributed by atoms with E-state index in [9.17, 15) is 8.42 Å². The molecule has 0 unspecified atom stereocenters. The molecular weight excluding hydrogens is 390 g/mol. The molecule has 0 atom stereocenters. The first kappa shape index (κ1) is 21.3. The smallest absolute Gasteiger partial charge is 0.244 e. The lowest BCUT2D eigenvalue weighted by Gasteiger charge is -2.14. The molecule has 2 rings (SSSR count). The predicted octanol–water partition coefficient (Wildman–Crippen LogP) is 3.67. The van der Waals surface area contributed by atoms with Gasteiger partial charge in [0.2, 0.25) is 10.0 Å². The molecule has 0 heterocycles. The van der Waals surface area contributed by atoms with Gasteiger partial charge in [0.15, 0.2) is 0 Å². The van der Waals surface area contributed by atoms with Crippen molar-refractivity contribution in [2.24, 2.45) is 0 Å². The van der Waals surface area contributed by atoms with Crippen LogP contribution in [-0.2, 0) is 16.4 Å². The molecule has 0 saturated carbocycles. The zero-order chi connectivity index (χ0) is 19.9. The van der Waals surface area contributed by atoms with Crippen molar-refractivity contribution in [1.29, 1.82) is 0 Å².